The van der Waals surface area contributed by atoms with Gasteiger partial charge in [-0.15, -0.1) is 0 Å². The van der Waals surface area contributed by atoms with Crippen molar-refractivity contribution in [2.75, 3.05) is 13.1 Å². The van der Waals surface area contributed by atoms with Crippen molar-refractivity contribution in [3.8, 4) is 0 Å². The SMILES string of the molecule is CC(=O)CCCCC(=O)N[C@@H](CCCN=C(N)N[N+](=O)[O-])C(=O)NCCC(C)C. The molecule has 0 unspecified atom stereocenters. The fraction of sp³-hybridized carbons (Fsp3) is 0.778. The molecule has 0 aromatic heterocycles. The van der Waals surface area contributed by atoms with Gasteiger partial charge in [-0.05, 0) is 44.9 Å². The Bertz CT molecular complexity index is 579. The first-order chi connectivity index (χ1) is 13.6. The van der Waals surface area contributed by atoms with Crippen molar-refractivity contribution in [1.82, 2.24) is 16.1 Å². The second kappa shape index (κ2) is 15.2. The van der Waals surface area contributed by atoms with Gasteiger partial charge < -0.3 is 21.2 Å². The van der Waals surface area contributed by atoms with Crippen LogP contribution < -0.4 is 21.8 Å². The molecule has 166 valence electrons. The highest BCUT2D eigenvalue weighted by Crippen LogP contribution is 2.04. The first kappa shape index (κ1) is 26.3. The van der Waals surface area contributed by atoms with Gasteiger partial charge in [-0.25, -0.2) is 15.1 Å². The standard InChI is InChI=1S/C18H34N6O5/c1-13(2)10-12-20-17(27)15(8-6-11-21-18(19)23-24(28)29)22-16(26)9-5-4-7-14(3)25/h13,15H,4-12H2,1-3H3,(H,20,27)(H,22,26)(H3,19,21,23)/t15-/m0/s1. The number of rotatable bonds is 15. The second-order valence-electron chi connectivity index (χ2n) is 7.28. The number of ketones is 1. The lowest BCUT2D eigenvalue weighted by Gasteiger charge is -2.18. The fourth-order valence-electron chi connectivity index (χ4n) is 2.43. The predicted molar refractivity (Wildman–Crippen MR) is 109 cm³/mol. The van der Waals surface area contributed by atoms with E-state index in [1.54, 1.807) is 5.43 Å². The van der Waals surface area contributed by atoms with Crippen molar-refractivity contribution >= 4 is 23.6 Å². The van der Waals surface area contributed by atoms with E-state index in [0.717, 1.165) is 6.42 Å². The number of aliphatic imine (C=N–C) groups is 1. The molecule has 0 bridgehead atoms. The van der Waals surface area contributed by atoms with Crippen molar-refractivity contribution < 1.29 is 19.4 Å². The molecule has 0 radical (unpaired) electrons. The first-order valence-electron chi connectivity index (χ1n) is 9.89. The number of amides is 2. The lowest BCUT2D eigenvalue weighted by molar-refractivity contribution is -0.525. The topological polar surface area (TPSA) is 169 Å². The molecule has 0 rings (SSSR count). The number of hydrazine groups is 1. The van der Waals surface area contributed by atoms with Crippen molar-refractivity contribution in [2.45, 2.75) is 71.8 Å². The van der Waals surface area contributed by atoms with E-state index in [2.05, 4.69) is 15.6 Å². The maximum Gasteiger partial charge on any atom is 0.251 e. The van der Waals surface area contributed by atoms with Gasteiger partial charge in [-0.1, -0.05) is 19.3 Å². The minimum atomic E-state index is -0.809. The normalized spacial score (nSPS) is 12.3. The van der Waals surface area contributed by atoms with Crippen LogP contribution in [-0.2, 0) is 14.4 Å². The number of nitro groups is 1. The third-order valence-electron chi connectivity index (χ3n) is 3.99. The van der Waals surface area contributed by atoms with Crippen LogP contribution in [0.3, 0.4) is 0 Å². The molecule has 5 N–H and O–H groups in total. The van der Waals surface area contributed by atoms with Gasteiger partial charge in [0.25, 0.3) is 5.96 Å². The maximum absolute atomic E-state index is 12.4. The zero-order valence-electron chi connectivity index (χ0n) is 17.5. The summed E-state index contributed by atoms with van der Waals surface area (Å²) in [5.74, 6) is -0.323. The second-order valence-corrected chi connectivity index (χ2v) is 7.28. The number of nitrogens with zero attached hydrogens (tertiary/aromatic N) is 2. The quantitative estimate of drug-likeness (QED) is 0.100. The summed E-state index contributed by atoms with van der Waals surface area (Å²) in [6.07, 6.45) is 3.43. The van der Waals surface area contributed by atoms with Crippen LogP contribution in [0.15, 0.2) is 4.99 Å². The highest BCUT2D eigenvalue weighted by atomic mass is 16.7. The molecule has 0 spiro atoms. The Morgan fingerprint density at radius 3 is 2.34 bits per heavy atom. The third kappa shape index (κ3) is 16.0. The number of hydrogen-bond donors (Lipinski definition) is 4. The zero-order chi connectivity index (χ0) is 22.2. The molecular weight excluding hydrogens is 380 g/mol. The summed E-state index contributed by atoms with van der Waals surface area (Å²) in [4.78, 5) is 49.6. The van der Waals surface area contributed by atoms with Crippen LogP contribution in [0.25, 0.3) is 0 Å². The van der Waals surface area contributed by atoms with Crippen molar-refractivity contribution in [3.63, 3.8) is 0 Å². The van der Waals surface area contributed by atoms with Gasteiger partial charge in [0.1, 0.15) is 11.8 Å². The van der Waals surface area contributed by atoms with Gasteiger partial charge in [-0.3, -0.25) is 9.59 Å². The molecule has 0 saturated heterocycles. The molecule has 0 fully saturated rings. The largest absolute Gasteiger partial charge is 0.365 e. The van der Waals surface area contributed by atoms with Crippen LogP contribution in [-0.4, -0.2) is 47.7 Å². The van der Waals surface area contributed by atoms with E-state index in [1.165, 1.54) is 6.92 Å². The summed E-state index contributed by atoms with van der Waals surface area (Å²) in [5.41, 5.74) is 7.08. The molecule has 29 heavy (non-hydrogen) atoms. The highest BCUT2D eigenvalue weighted by molar-refractivity contribution is 5.87. The molecule has 11 nitrogen and oxygen atoms in total. The van der Waals surface area contributed by atoms with Gasteiger partial charge >= 0.3 is 0 Å². The molecule has 0 aliphatic carbocycles. The van der Waals surface area contributed by atoms with Gasteiger partial charge in [-0.2, -0.15) is 0 Å². The average Bonchev–Trinajstić information content (AvgIpc) is 2.60. The molecule has 0 aromatic carbocycles. The van der Waals surface area contributed by atoms with E-state index in [1.807, 2.05) is 13.8 Å². The van der Waals surface area contributed by atoms with E-state index in [-0.39, 0.29) is 36.5 Å². The van der Waals surface area contributed by atoms with Gasteiger partial charge in [0.05, 0.1) is 0 Å². The first-order valence-corrected chi connectivity index (χ1v) is 9.89. The molecule has 0 aliphatic heterocycles. The Morgan fingerprint density at radius 1 is 1.10 bits per heavy atom. The van der Waals surface area contributed by atoms with E-state index < -0.39 is 11.1 Å². The third-order valence-corrected chi connectivity index (χ3v) is 3.99. The molecule has 2 amide bonds. The Labute approximate surface area is 171 Å². The lowest BCUT2D eigenvalue weighted by Crippen LogP contribution is -2.47. The minimum Gasteiger partial charge on any atom is -0.365 e. The molecule has 0 aromatic rings. The number of carbonyl (C=O) groups excluding carboxylic acids is 3. The summed E-state index contributed by atoms with van der Waals surface area (Å²) < 4.78 is 0. The molecule has 0 saturated carbocycles. The molecule has 1 atom stereocenters. The molecule has 11 heteroatoms. The van der Waals surface area contributed by atoms with Gasteiger partial charge in [0.2, 0.25) is 11.8 Å². The summed E-state index contributed by atoms with van der Waals surface area (Å²) in [5, 5.41) is 15.0. The summed E-state index contributed by atoms with van der Waals surface area (Å²) in [7, 11) is 0. The minimum absolute atomic E-state index is 0.0826. The number of carbonyl (C=O) groups is 3. The van der Waals surface area contributed by atoms with Crippen LogP contribution in [0.2, 0.25) is 0 Å². The highest BCUT2D eigenvalue weighted by Gasteiger charge is 2.20. The smallest absolute Gasteiger partial charge is 0.251 e. The van der Waals surface area contributed by atoms with E-state index in [9.17, 15) is 24.5 Å². The number of unbranched alkanes of at least 4 members (excludes halogenated alkanes) is 1. The van der Waals surface area contributed by atoms with Gasteiger partial charge in [0, 0.05) is 25.9 Å². The number of guanidine groups is 1. The Kier molecular flexibility index (Phi) is 13.8. The van der Waals surface area contributed by atoms with Crippen LogP contribution in [0.4, 0.5) is 0 Å². The van der Waals surface area contributed by atoms with Crippen LogP contribution in [0.5, 0.6) is 0 Å². The maximum atomic E-state index is 12.4. The Morgan fingerprint density at radius 2 is 1.76 bits per heavy atom. The van der Waals surface area contributed by atoms with E-state index >= 15 is 0 Å². The zero-order valence-corrected chi connectivity index (χ0v) is 17.5. The van der Waals surface area contributed by atoms with Crippen LogP contribution >= 0.6 is 0 Å². The molecule has 0 heterocycles. The molecule has 0 aliphatic rings. The van der Waals surface area contributed by atoms with Crippen molar-refractivity contribution in [2.24, 2.45) is 16.6 Å². The Hall–Kier alpha value is -2.72. The summed E-state index contributed by atoms with van der Waals surface area (Å²) in [6, 6.07) is -0.720. The van der Waals surface area contributed by atoms with E-state index in [4.69, 9.17) is 5.73 Å². The number of nitrogens with two attached hydrogens (primary N) is 1. The predicted octanol–water partition coefficient (Wildman–Crippen LogP) is 0.659. The van der Waals surface area contributed by atoms with Crippen LogP contribution in [0, 0.1) is 16.0 Å². The summed E-state index contributed by atoms with van der Waals surface area (Å²) >= 11 is 0. The van der Waals surface area contributed by atoms with Gasteiger partial charge in [0.15, 0.2) is 5.03 Å². The van der Waals surface area contributed by atoms with Crippen molar-refractivity contribution in [1.29, 1.82) is 0 Å². The summed E-state index contributed by atoms with van der Waals surface area (Å²) in [6.45, 7) is 6.30. The number of hydrogen-bond acceptors (Lipinski definition) is 6. The monoisotopic (exact) mass is 414 g/mol. The number of nitrogens with one attached hydrogen (secondary N) is 3. The lowest BCUT2D eigenvalue weighted by atomic mass is 10.1. The average molecular weight is 415 g/mol. The van der Waals surface area contributed by atoms with Crippen molar-refractivity contribution in [3.05, 3.63) is 10.1 Å². The van der Waals surface area contributed by atoms with Crippen LogP contribution in [0.1, 0.15) is 65.7 Å². The number of Topliss-reactive ketones (excluding diaryl/α,β-unsaturated/α-hetero) is 1. The molecular formula is C18H34N6O5. The van der Waals surface area contributed by atoms with E-state index in [0.29, 0.717) is 44.6 Å². The Balaban J connectivity index is 4.58. The fourth-order valence-corrected chi connectivity index (χ4v) is 2.43.